The zero-order valence-corrected chi connectivity index (χ0v) is 8.22. The summed E-state index contributed by atoms with van der Waals surface area (Å²) in [6.07, 6.45) is 0. The molecule has 0 radical (unpaired) electrons. The van der Waals surface area contributed by atoms with E-state index in [1.807, 2.05) is 0 Å². The number of quaternary nitrogens is 3. The molecule has 0 saturated carbocycles. The van der Waals surface area contributed by atoms with E-state index in [-0.39, 0.29) is 22.6 Å². The molecule has 0 fully saturated rings. The highest BCUT2D eigenvalue weighted by atomic mass is 16.8. The average molecular weight is 233 g/mol. The predicted molar refractivity (Wildman–Crippen MR) is 48.5 cm³/mol. The summed E-state index contributed by atoms with van der Waals surface area (Å²) in [5.41, 5.74) is -0.972. The Labute approximate surface area is 89.6 Å². The first kappa shape index (κ1) is 12.9. The molecular formula is C7H11N3O6. The van der Waals surface area contributed by atoms with Crippen LogP contribution in [0.3, 0.4) is 0 Å². The Morgan fingerprint density at radius 2 is 1.25 bits per heavy atom. The number of rotatable bonds is 3. The van der Waals surface area contributed by atoms with E-state index in [4.69, 9.17) is 15.6 Å². The van der Waals surface area contributed by atoms with Crippen molar-refractivity contribution in [3.63, 3.8) is 0 Å². The van der Waals surface area contributed by atoms with Crippen LogP contribution in [0.5, 0.6) is 0 Å². The zero-order valence-electron chi connectivity index (χ0n) is 8.22. The van der Waals surface area contributed by atoms with Crippen LogP contribution in [0, 0.1) is 22.5 Å². The minimum absolute atomic E-state index is 0.0324. The van der Waals surface area contributed by atoms with Gasteiger partial charge in [0.25, 0.3) is 0 Å². The minimum atomic E-state index is -1.37. The van der Waals surface area contributed by atoms with Gasteiger partial charge in [-0.05, 0) is 6.92 Å². The Kier molecular flexibility index (Phi) is 3.88. The third kappa shape index (κ3) is 2.51. The van der Waals surface area contributed by atoms with Gasteiger partial charge in [-0.25, -0.2) is 15.6 Å². The molecular weight excluding hydrogens is 222 g/mol. The van der Waals surface area contributed by atoms with E-state index < -0.39 is 15.7 Å². The van der Waals surface area contributed by atoms with Crippen molar-refractivity contribution < 1.29 is 31.3 Å². The lowest BCUT2D eigenvalue weighted by Crippen LogP contribution is -3.02. The van der Waals surface area contributed by atoms with Gasteiger partial charge in [0.1, 0.15) is 0 Å². The maximum Gasteiger partial charge on any atom is 0.178 e. The van der Waals surface area contributed by atoms with Crippen molar-refractivity contribution >= 4 is 17.1 Å². The Balaban J connectivity index is 3.39. The summed E-state index contributed by atoms with van der Waals surface area (Å²) in [6, 6.07) is 1.87. The van der Waals surface area contributed by atoms with Crippen LogP contribution in [0.1, 0.15) is 5.56 Å². The smallest absolute Gasteiger partial charge is 0.178 e. The predicted octanol–water partition coefficient (Wildman–Crippen LogP) is -2.79. The molecule has 0 aromatic heterocycles. The molecule has 0 bridgehead atoms. The van der Waals surface area contributed by atoms with Crippen LogP contribution < -0.4 is 15.7 Å². The molecule has 0 spiro atoms. The van der Waals surface area contributed by atoms with Gasteiger partial charge in [0.2, 0.25) is 0 Å². The molecule has 16 heavy (non-hydrogen) atoms. The minimum Gasteiger partial charge on any atom is -0.595 e. The number of nitrogens with one attached hydrogen (secondary N) is 3. The Hall–Kier alpha value is -1.14. The van der Waals surface area contributed by atoms with Gasteiger partial charge >= 0.3 is 0 Å². The lowest BCUT2D eigenvalue weighted by atomic mass is 10.1. The van der Waals surface area contributed by atoms with Gasteiger partial charge in [-0.2, -0.15) is 15.7 Å². The molecule has 9 heteroatoms. The molecule has 90 valence electrons. The van der Waals surface area contributed by atoms with Gasteiger partial charge in [0.15, 0.2) is 17.1 Å². The largest absolute Gasteiger partial charge is 0.595 e. The van der Waals surface area contributed by atoms with E-state index in [0.29, 0.717) is 0 Å². The molecule has 3 unspecified atom stereocenters. The Bertz CT molecular complexity index is 351. The first-order valence-electron chi connectivity index (χ1n) is 4.19. The summed E-state index contributed by atoms with van der Waals surface area (Å²) in [6.45, 7) is 1.32. The van der Waals surface area contributed by atoms with Crippen molar-refractivity contribution in [2.75, 3.05) is 0 Å². The molecule has 9 nitrogen and oxygen atoms in total. The average Bonchev–Trinajstić information content (AvgIpc) is 2.16. The van der Waals surface area contributed by atoms with Crippen LogP contribution in [0.15, 0.2) is 12.1 Å². The van der Waals surface area contributed by atoms with Crippen LogP contribution in [0.25, 0.3) is 0 Å². The lowest BCUT2D eigenvalue weighted by Gasteiger charge is -2.21. The maximum absolute atomic E-state index is 10.8. The molecule has 1 aromatic rings. The summed E-state index contributed by atoms with van der Waals surface area (Å²) in [5, 5.41) is 54.4. The third-order valence-corrected chi connectivity index (χ3v) is 2.12. The number of hydrogen-bond acceptors (Lipinski definition) is 6. The van der Waals surface area contributed by atoms with Crippen molar-refractivity contribution in [3.8, 4) is 0 Å². The molecule has 0 aliphatic carbocycles. The molecule has 0 saturated heterocycles. The van der Waals surface area contributed by atoms with Crippen LogP contribution in [0.2, 0.25) is 0 Å². The first-order valence-corrected chi connectivity index (χ1v) is 4.19. The van der Waals surface area contributed by atoms with Crippen LogP contribution in [-0.4, -0.2) is 15.6 Å². The zero-order chi connectivity index (χ0) is 12.5. The van der Waals surface area contributed by atoms with Crippen molar-refractivity contribution in [1.82, 2.24) is 0 Å². The summed E-state index contributed by atoms with van der Waals surface area (Å²) >= 11 is 0. The SMILES string of the molecule is Cc1c([NH+]([O-])O)cc([NH+]([O-])O)cc1[NH+]([O-])O. The van der Waals surface area contributed by atoms with E-state index in [1.165, 1.54) is 6.92 Å². The van der Waals surface area contributed by atoms with E-state index in [0.717, 1.165) is 12.1 Å². The summed E-state index contributed by atoms with van der Waals surface area (Å²) in [4.78, 5) is 0. The second-order valence-corrected chi connectivity index (χ2v) is 3.11. The highest BCUT2D eigenvalue weighted by molar-refractivity contribution is 5.59. The molecule has 1 aromatic carbocycles. The normalized spacial score (nSPS) is 16.9. The van der Waals surface area contributed by atoms with Crippen LogP contribution >= 0.6 is 0 Å². The fourth-order valence-electron chi connectivity index (χ4n) is 1.28. The van der Waals surface area contributed by atoms with Gasteiger partial charge in [-0.1, -0.05) is 0 Å². The summed E-state index contributed by atoms with van der Waals surface area (Å²) in [7, 11) is 0. The highest BCUT2D eigenvalue weighted by Crippen LogP contribution is 2.21. The van der Waals surface area contributed by atoms with Crippen molar-refractivity contribution in [3.05, 3.63) is 33.3 Å². The standard InChI is InChI=1S/C7H11N3O6/c1-4-6(9(13)14)2-5(8(11)12)3-7(4)10(15)16/h2-3,8-11,13,15H,1H3. The monoisotopic (exact) mass is 233 g/mol. The van der Waals surface area contributed by atoms with E-state index in [2.05, 4.69) is 0 Å². The second kappa shape index (κ2) is 4.80. The molecule has 0 aliphatic rings. The number of benzene rings is 1. The maximum atomic E-state index is 10.8. The fourth-order valence-corrected chi connectivity index (χ4v) is 1.28. The van der Waals surface area contributed by atoms with Gasteiger partial charge in [0.05, 0.1) is 17.7 Å². The summed E-state index contributed by atoms with van der Waals surface area (Å²) < 4.78 is 0. The fraction of sp³-hybridized carbons (Fsp3) is 0.143. The molecule has 0 aliphatic heterocycles. The first-order chi connectivity index (χ1) is 7.34. The quantitative estimate of drug-likeness (QED) is 0.311. The van der Waals surface area contributed by atoms with Crippen molar-refractivity contribution in [1.29, 1.82) is 0 Å². The van der Waals surface area contributed by atoms with Crippen molar-refractivity contribution in [2.24, 2.45) is 0 Å². The Morgan fingerprint density at radius 3 is 1.50 bits per heavy atom. The van der Waals surface area contributed by atoms with E-state index in [1.54, 1.807) is 0 Å². The molecule has 0 amide bonds. The van der Waals surface area contributed by atoms with Gasteiger partial charge in [-0.15, -0.1) is 0 Å². The van der Waals surface area contributed by atoms with Crippen LogP contribution in [0.4, 0.5) is 17.1 Å². The molecule has 6 N–H and O–H groups in total. The lowest BCUT2D eigenvalue weighted by molar-refractivity contribution is -1.00. The topological polar surface area (TPSA) is 143 Å². The molecule has 3 atom stereocenters. The second-order valence-electron chi connectivity index (χ2n) is 3.11. The van der Waals surface area contributed by atoms with Crippen molar-refractivity contribution in [2.45, 2.75) is 6.92 Å². The van der Waals surface area contributed by atoms with E-state index >= 15 is 0 Å². The van der Waals surface area contributed by atoms with Gasteiger partial charge in [0, 0.05) is 0 Å². The molecule has 0 heterocycles. The molecule has 1 rings (SSSR count). The Morgan fingerprint density at radius 1 is 0.875 bits per heavy atom. The highest BCUT2D eigenvalue weighted by Gasteiger charge is 2.19. The third-order valence-electron chi connectivity index (χ3n) is 2.12. The van der Waals surface area contributed by atoms with Gasteiger partial charge < -0.3 is 15.6 Å². The van der Waals surface area contributed by atoms with Crippen LogP contribution in [-0.2, 0) is 0 Å². The van der Waals surface area contributed by atoms with E-state index in [9.17, 15) is 15.6 Å². The van der Waals surface area contributed by atoms with Gasteiger partial charge in [-0.3, -0.25) is 0 Å². The number of hydrogen-bond donors (Lipinski definition) is 6. The summed E-state index contributed by atoms with van der Waals surface area (Å²) in [5.74, 6) is 0.